The topological polar surface area (TPSA) is 32.7 Å². The summed E-state index contributed by atoms with van der Waals surface area (Å²) >= 11 is 0. The van der Waals surface area contributed by atoms with E-state index in [1.54, 1.807) is 7.11 Å². The molecule has 1 aromatic carbocycles. The summed E-state index contributed by atoms with van der Waals surface area (Å²) in [5.74, 6) is 0.786. The maximum Gasteiger partial charge on any atom is 0.124 e. The number of unbranched alkanes of at least 4 members (excludes halogenated alkanes) is 3. The minimum absolute atomic E-state index is 0.458. The van der Waals surface area contributed by atoms with Crippen molar-refractivity contribution in [2.45, 2.75) is 65.4 Å². The van der Waals surface area contributed by atoms with E-state index in [1.807, 2.05) is 25.1 Å². The second-order valence-corrected chi connectivity index (χ2v) is 6.45. The van der Waals surface area contributed by atoms with Gasteiger partial charge in [0.2, 0.25) is 0 Å². The van der Waals surface area contributed by atoms with E-state index in [0.29, 0.717) is 0 Å². The van der Waals surface area contributed by atoms with E-state index >= 15 is 0 Å². The van der Waals surface area contributed by atoms with Crippen molar-refractivity contribution in [3.8, 4) is 5.75 Å². The molecule has 0 fully saturated rings. The van der Waals surface area contributed by atoms with E-state index in [9.17, 15) is 5.11 Å². The van der Waals surface area contributed by atoms with Gasteiger partial charge >= 0.3 is 0 Å². The van der Waals surface area contributed by atoms with Crippen LogP contribution < -0.4 is 4.74 Å². The summed E-state index contributed by atoms with van der Waals surface area (Å²) in [4.78, 5) is 2.50. The van der Waals surface area contributed by atoms with Crippen molar-refractivity contribution in [1.29, 1.82) is 0 Å². The van der Waals surface area contributed by atoms with Crippen LogP contribution in [0.4, 0.5) is 0 Å². The van der Waals surface area contributed by atoms with E-state index in [-0.39, 0.29) is 0 Å². The van der Waals surface area contributed by atoms with Crippen molar-refractivity contribution in [3.05, 3.63) is 29.3 Å². The standard InChI is InChI=1S/C20H35NO2/c1-5-7-9-14-21(13-8-6-2)15-12-19(22)18-16-17(3)10-11-20(18)23-4/h10-11,16,19,22H,5-9,12-15H2,1-4H3. The number of hydrogen-bond acceptors (Lipinski definition) is 3. The maximum atomic E-state index is 10.6. The van der Waals surface area contributed by atoms with Crippen LogP contribution in [0.3, 0.4) is 0 Å². The van der Waals surface area contributed by atoms with E-state index in [1.165, 1.54) is 32.1 Å². The minimum Gasteiger partial charge on any atom is -0.496 e. The molecule has 0 saturated heterocycles. The molecule has 3 nitrogen and oxygen atoms in total. The van der Waals surface area contributed by atoms with Crippen molar-refractivity contribution >= 4 is 0 Å². The van der Waals surface area contributed by atoms with Crippen LogP contribution in [0.25, 0.3) is 0 Å². The molecule has 132 valence electrons. The van der Waals surface area contributed by atoms with Crippen LogP contribution in [0.2, 0.25) is 0 Å². The Labute approximate surface area is 142 Å². The molecule has 0 aliphatic heterocycles. The fraction of sp³-hybridized carbons (Fsp3) is 0.700. The Morgan fingerprint density at radius 1 is 1.04 bits per heavy atom. The fourth-order valence-corrected chi connectivity index (χ4v) is 2.88. The largest absolute Gasteiger partial charge is 0.496 e. The highest BCUT2D eigenvalue weighted by Gasteiger charge is 2.15. The summed E-state index contributed by atoms with van der Waals surface area (Å²) in [6.45, 7) is 9.75. The number of rotatable bonds is 12. The predicted molar refractivity (Wildman–Crippen MR) is 98.2 cm³/mol. The molecule has 1 aromatic rings. The van der Waals surface area contributed by atoms with Gasteiger partial charge in [-0.2, -0.15) is 0 Å². The number of hydrogen-bond donors (Lipinski definition) is 1. The Morgan fingerprint density at radius 2 is 1.74 bits per heavy atom. The molecule has 0 aromatic heterocycles. The van der Waals surface area contributed by atoms with Crippen molar-refractivity contribution in [2.75, 3.05) is 26.7 Å². The monoisotopic (exact) mass is 321 g/mol. The predicted octanol–water partition coefficient (Wildman–Crippen LogP) is 4.72. The van der Waals surface area contributed by atoms with Crippen LogP contribution in [0.15, 0.2) is 18.2 Å². The molecule has 23 heavy (non-hydrogen) atoms. The summed E-state index contributed by atoms with van der Waals surface area (Å²) in [6.07, 6.45) is 6.55. The maximum absolute atomic E-state index is 10.6. The zero-order valence-electron chi connectivity index (χ0n) is 15.5. The second kappa shape index (κ2) is 11.5. The third-order valence-corrected chi connectivity index (χ3v) is 4.37. The van der Waals surface area contributed by atoms with Gasteiger partial charge in [-0.3, -0.25) is 0 Å². The molecule has 1 unspecified atom stereocenters. The molecule has 0 heterocycles. The van der Waals surface area contributed by atoms with E-state index in [4.69, 9.17) is 4.74 Å². The Hall–Kier alpha value is -1.06. The van der Waals surface area contributed by atoms with Gasteiger partial charge < -0.3 is 14.7 Å². The Kier molecular flexibility index (Phi) is 9.97. The Balaban J connectivity index is 2.59. The van der Waals surface area contributed by atoms with E-state index < -0.39 is 6.10 Å². The average Bonchev–Trinajstić information content (AvgIpc) is 2.56. The van der Waals surface area contributed by atoms with Crippen LogP contribution in [-0.2, 0) is 0 Å². The lowest BCUT2D eigenvalue weighted by atomic mass is 10.0. The summed E-state index contributed by atoms with van der Waals surface area (Å²) in [6, 6.07) is 6.01. The van der Waals surface area contributed by atoms with Crippen LogP contribution in [0.1, 0.15) is 69.6 Å². The quantitative estimate of drug-likeness (QED) is 0.565. The van der Waals surface area contributed by atoms with Crippen LogP contribution in [-0.4, -0.2) is 36.8 Å². The molecule has 0 aliphatic carbocycles. The highest BCUT2D eigenvalue weighted by atomic mass is 16.5. The van der Waals surface area contributed by atoms with Crippen LogP contribution >= 0.6 is 0 Å². The highest BCUT2D eigenvalue weighted by Crippen LogP contribution is 2.28. The van der Waals surface area contributed by atoms with Gasteiger partial charge in [-0.25, -0.2) is 0 Å². The van der Waals surface area contributed by atoms with Gasteiger partial charge in [0, 0.05) is 12.1 Å². The van der Waals surface area contributed by atoms with Gasteiger partial charge in [0.05, 0.1) is 13.2 Å². The molecular weight excluding hydrogens is 286 g/mol. The molecular formula is C20H35NO2. The van der Waals surface area contributed by atoms with Crippen molar-refractivity contribution in [3.63, 3.8) is 0 Å². The molecule has 1 N–H and O–H groups in total. The average molecular weight is 322 g/mol. The first-order chi connectivity index (χ1) is 11.1. The second-order valence-electron chi connectivity index (χ2n) is 6.45. The first-order valence-electron chi connectivity index (χ1n) is 9.17. The number of nitrogens with zero attached hydrogens (tertiary/aromatic N) is 1. The smallest absolute Gasteiger partial charge is 0.124 e. The van der Waals surface area contributed by atoms with Gasteiger partial charge in [-0.1, -0.05) is 44.7 Å². The number of methoxy groups -OCH3 is 1. The molecule has 0 aliphatic rings. The van der Waals surface area contributed by atoms with Crippen molar-refractivity contribution in [1.82, 2.24) is 4.90 Å². The molecule has 1 atom stereocenters. The normalized spacial score (nSPS) is 12.6. The molecule has 0 saturated carbocycles. The summed E-state index contributed by atoms with van der Waals surface area (Å²) < 4.78 is 5.40. The third kappa shape index (κ3) is 7.36. The molecule has 0 spiro atoms. The number of benzene rings is 1. The van der Waals surface area contributed by atoms with Gasteiger partial charge in [-0.15, -0.1) is 0 Å². The number of ether oxygens (including phenoxy) is 1. The molecule has 3 heteroatoms. The summed E-state index contributed by atoms with van der Waals surface area (Å²) in [5.41, 5.74) is 2.07. The Morgan fingerprint density at radius 3 is 2.39 bits per heavy atom. The lowest BCUT2D eigenvalue weighted by Gasteiger charge is -2.24. The third-order valence-electron chi connectivity index (χ3n) is 4.37. The zero-order chi connectivity index (χ0) is 17.1. The van der Waals surface area contributed by atoms with E-state index in [0.717, 1.165) is 42.9 Å². The van der Waals surface area contributed by atoms with E-state index in [2.05, 4.69) is 18.7 Å². The van der Waals surface area contributed by atoms with Crippen molar-refractivity contribution in [2.24, 2.45) is 0 Å². The number of aliphatic hydroxyl groups excluding tert-OH is 1. The summed E-state index contributed by atoms with van der Waals surface area (Å²) in [7, 11) is 1.67. The van der Waals surface area contributed by atoms with Crippen molar-refractivity contribution < 1.29 is 9.84 Å². The molecule has 0 radical (unpaired) electrons. The number of aliphatic hydroxyl groups is 1. The zero-order valence-corrected chi connectivity index (χ0v) is 15.5. The number of aryl methyl sites for hydroxylation is 1. The van der Waals surface area contributed by atoms with Crippen LogP contribution in [0, 0.1) is 6.92 Å². The van der Waals surface area contributed by atoms with Gasteiger partial charge in [0.25, 0.3) is 0 Å². The summed E-state index contributed by atoms with van der Waals surface area (Å²) in [5, 5.41) is 10.6. The first kappa shape index (κ1) is 20.0. The van der Waals surface area contributed by atoms with Gasteiger partial charge in [-0.05, 0) is 51.4 Å². The van der Waals surface area contributed by atoms with Gasteiger partial charge in [0.1, 0.15) is 5.75 Å². The highest BCUT2D eigenvalue weighted by molar-refractivity contribution is 5.38. The SMILES string of the molecule is CCCCCN(CCCC)CCC(O)c1cc(C)ccc1OC. The molecule has 0 bridgehead atoms. The molecule has 1 rings (SSSR count). The lowest BCUT2D eigenvalue weighted by Crippen LogP contribution is -2.28. The first-order valence-corrected chi connectivity index (χ1v) is 9.17. The van der Waals surface area contributed by atoms with Gasteiger partial charge in [0.15, 0.2) is 0 Å². The fourth-order valence-electron chi connectivity index (χ4n) is 2.88. The molecule has 0 amide bonds. The van der Waals surface area contributed by atoms with Crippen LogP contribution in [0.5, 0.6) is 5.75 Å². The Bertz CT molecular complexity index is 434. The minimum atomic E-state index is -0.458. The lowest BCUT2D eigenvalue weighted by molar-refractivity contribution is 0.137.